The summed E-state index contributed by atoms with van der Waals surface area (Å²) in [7, 11) is -2.42. The molecule has 0 bridgehead atoms. The number of anilines is 1. The first-order valence-corrected chi connectivity index (χ1v) is 10.4. The third kappa shape index (κ3) is 3.87. The van der Waals surface area contributed by atoms with Gasteiger partial charge < -0.3 is 14.6 Å². The topological polar surface area (TPSA) is 136 Å². The maximum atomic E-state index is 12.9. The number of ether oxygens (including phenoxy) is 2. The third-order valence-corrected chi connectivity index (χ3v) is 5.51. The lowest BCUT2D eigenvalue weighted by atomic mass is 9.98. The molecule has 1 aliphatic heterocycles. The van der Waals surface area contributed by atoms with Crippen LogP contribution in [0.3, 0.4) is 0 Å². The molecule has 0 aliphatic carbocycles. The highest BCUT2D eigenvalue weighted by Crippen LogP contribution is 2.41. The lowest BCUT2D eigenvalue weighted by Gasteiger charge is -2.27. The molecule has 10 heteroatoms. The fraction of sp³-hybridized carbons (Fsp3) is 0.200. The van der Waals surface area contributed by atoms with Crippen LogP contribution in [-0.2, 0) is 24.3 Å². The van der Waals surface area contributed by atoms with E-state index in [0.29, 0.717) is 11.3 Å². The lowest BCUT2D eigenvalue weighted by molar-refractivity contribution is -0.139. The van der Waals surface area contributed by atoms with E-state index >= 15 is 0 Å². The van der Waals surface area contributed by atoms with Crippen molar-refractivity contribution >= 4 is 27.6 Å². The molecular formula is C20H20N2O7S. The van der Waals surface area contributed by atoms with Crippen LogP contribution in [0.1, 0.15) is 18.5 Å². The number of methoxy groups -OCH3 is 1. The number of amides is 1. The van der Waals surface area contributed by atoms with Gasteiger partial charge >= 0.3 is 5.97 Å². The van der Waals surface area contributed by atoms with Crippen molar-refractivity contribution < 1.29 is 32.6 Å². The highest BCUT2D eigenvalue weighted by molar-refractivity contribution is 7.89. The van der Waals surface area contributed by atoms with Crippen LogP contribution in [0.4, 0.5) is 5.69 Å². The van der Waals surface area contributed by atoms with Crippen LogP contribution >= 0.6 is 0 Å². The lowest BCUT2D eigenvalue weighted by Crippen LogP contribution is -2.31. The van der Waals surface area contributed by atoms with Gasteiger partial charge in [-0.15, -0.1) is 0 Å². The Morgan fingerprint density at radius 3 is 2.23 bits per heavy atom. The van der Waals surface area contributed by atoms with Crippen molar-refractivity contribution in [2.45, 2.75) is 17.9 Å². The molecule has 0 fully saturated rings. The molecule has 1 heterocycles. The van der Waals surface area contributed by atoms with Gasteiger partial charge in [0, 0.05) is 5.69 Å². The van der Waals surface area contributed by atoms with E-state index in [-0.39, 0.29) is 22.8 Å². The fourth-order valence-corrected chi connectivity index (χ4v) is 3.70. The minimum absolute atomic E-state index is 0.0577. The highest BCUT2D eigenvalue weighted by atomic mass is 32.2. The number of nitrogens with two attached hydrogens (primary N) is 1. The Morgan fingerprint density at radius 1 is 1.13 bits per heavy atom. The summed E-state index contributed by atoms with van der Waals surface area (Å²) in [5.41, 5.74) is 0.577. The summed E-state index contributed by atoms with van der Waals surface area (Å²) in [6.07, 6.45) is 0. The van der Waals surface area contributed by atoms with E-state index in [2.05, 4.69) is 0 Å². The second kappa shape index (κ2) is 8.17. The summed E-state index contributed by atoms with van der Waals surface area (Å²) in [5.74, 6) is -1.81. The Bertz CT molecular complexity index is 1110. The minimum Gasteiger partial charge on any atom is -0.503 e. The maximum absolute atomic E-state index is 12.9. The third-order valence-electron chi connectivity index (χ3n) is 4.58. The first-order chi connectivity index (χ1) is 14.2. The van der Waals surface area contributed by atoms with Gasteiger partial charge in [-0.3, -0.25) is 9.69 Å². The predicted molar refractivity (Wildman–Crippen MR) is 107 cm³/mol. The number of carbonyl (C=O) groups is 2. The standard InChI is InChI=1S/C20H20N2O7S/c1-3-29-20(25)16-17(12-4-8-14(28-2)9-5-12)22(19(24)18(16)23)13-6-10-15(11-7-13)30(21,26)27/h4-11,17,23H,3H2,1-2H3,(H2,21,26,27)/t17-/m1/s1. The molecule has 2 aromatic rings. The van der Waals surface area contributed by atoms with Crippen molar-refractivity contribution in [2.24, 2.45) is 5.14 Å². The number of carbonyl (C=O) groups excluding carboxylic acids is 2. The van der Waals surface area contributed by atoms with Crippen LogP contribution in [-0.4, -0.2) is 39.1 Å². The first kappa shape index (κ1) is 21.3. The summed E-state index contributed by atoms with van der Waals surface area (Å²) in [6, 6.07) is 10.8. The Kier molecular flexibility index (Phi) is 5.81. The Hall–Kier alpha value is -3.37. The van der Waals surface area contributed by atoms with Crippen molar-refractivity contribution in [2.75, 3.05) is 18.6 Å². The van der Waals surface area contributed by atoms with Gasteiger partial charge in [0.25, 0.3) is 5.91 Å². The van der Waals surface area contributed by atoms with E-state index in [0.717, 1.165) is 0 Å². The SMILES string of the molecule is CCOC(=O)C1=C(O)C(=O)N(c2ccc(S(N)(=O)=O)cc2)[C@@H]1c1ccc(OC)cc1. The number of esters is 1. The molecule has 3 rings (SSSR count). The molecule has 0 saturated carbocycles. The van der Waals surface area contributed by atoms with Crippen LogP contribution in [0, 0.1) is 0 Å². The van der Waals surface area contributed by atoms with Gasteiger partial charge in [0.05, 0.1) is 24.7 Å². The van der Waals surface area contributed by atoms with Gasteiger partial charge in [-0.2, -0.15) is 0 Å². The minimum atomic E-state index is -3.92. The Labute approximate surface area is 173 Å². The van der Waals surface area contributed by atoms with E-state index in [1.165, 1.54) is 36.3 Å². The quantitative estimate of drug-likeness (QED) is 0.664. The van der Waals surface area contributed by atoms with Crippen LogP contribution < -0.4 is 14.8 Å². The number of sulfonamides is 1. The zero-order valence-corrected chi connectivity index (χ0v) is 17.0. The number of nitrogens with zero attached hydrogens (tertiary/aromatic N) is 1. The number of benzene rings is 2. The molecule has 9 nitrogen and oxygen atoms in total. The number of aliphatic hydroxyl groups excluding tert-OH is 1. The summed E-state index contributed by atoms with van der Waals surface area (Å²) < 4.78 is 33.2. The molecular weight excluding hydrogens is 412 g/mol. The smallest absolute Gasteiger partial charge is 0.340 e. The summed E-state index contributed by atoms with van der Waals surface area (Å²) in [5, 5.41) is 15.6. The van der Waals surface area contributed by atoms with Gasteiger partial charge in [-0.1, -0.05) is 12.1 Å². The number of hydrogen-bond donors (Lipinski definition) is 2. The van der Waals surface area contributed by atoms with E-state index in [1.807, 2.05) is 0 Å². The average molecular weight is 432 g/mol. The molecule has 0 unspecified atom stereocenters. The van der Waals surface area contributed by atoms with Gasteiger partial charge in [-0.05, 0) is 48.9 Å². The van der Waals surface area contributed by atoms with Crippen LogP contribution in [0.2, 0.25) is 0 Å². The zero-order chi connectivity index (χ0) is 22.1. The van der Waals surface area contributed by atoms with Gasteiger partial charge in [0.15, 0.2) is 5.76 Å². The molecule has 158 valence electrons. The second-order valence-electron chi connectivity index (χ2n) is 6.37. The molecule has 1 amide bonds. The molecule has 0 saturated heterocycles. The average Bonchev–Trinajstić information content (AvgIpc) is 2.98. The van der Waals surface area contributed by atoms with Crippen LogP contribution in [0.25, 0.3) is 0 Å². The molecule has 30 heavy (non-hydrogen) atoms. The summed E-state index contributed by atoms with van der Waals surface area (Å²) in [4.78, 5) is 26.4. The maximum Gasteiger partial charge on any atom is 0.340 e. The van der Waals surface area contributed by atoms with Crippen molar-refractivity contribution in [3.8, 4) is 5.75 Å². The van der Waals surface area contributed by atoms with Crippen LogP contribution in [0.15, 0.2) is 64.8 Å². The second-order valence-corrected chi connectivity index (χ2v) is 7.93. The van der Waals surface area contributed by atoms with E-state index < -0.39 is 33.7 Å². The number of primary sulfonamides is 1. The van der Waals surface area contributed by atoms with E-state index in [4.69, 9.17) is 14.6 Å². The van der Waals surface area contributed by atoms with Gasteiger partial charge in [0.2, 0.25) is 10.0 Å². The molecule has 1 aliphatic rings. The highest BCUT2D eigenvalue weighted by Gasteiger charge is 2.45. The Morgan fingerprint density at radius 2 is 1.73 bits per heavy atom. The molecule has 0 aromatic heterocycles. The van der Waals surface area contributed by atoms with Crippen molar-refractivity contribution in [3.63, 3.8) is 0 Å². The van der Waals surface area contributed by atoms with Crippen molar-refractivity contribution in [3.05, 3.63) is 65.4 Å². The number of aliphatic hydroxyl groups is 1. The van der Waals surface area contributed by atoms with E-state index in [1.54, 1.807) is 31.2 Å². The summed E-state index contributed by atoms with van der Waals surface area (Å²) in [6.45, 7) is 1.67. The molecule has 3 N–H and O–H groups in total. The van der Waals surface area contributed by atoms with Gasteiger partial charge in [-0.25, -0.2) is 18.4 Å². The largest absolute Gasteiger partial charge is 0.503 e. The molecule has 0 radical (unpaired) electrons. The normalized spacial score (nSPS) is 16.7. The van der Waals surface area contributed by atoms with Crippen molar-refractivity contribution in [1.82, 2.24) is 0 Å². The first-order valence-electron chi connectivity index (χ1n) is 8.89. The van der Waals surface area contributed by atoms with Gasteiger partial charge in [0.1, 0.15) is 11.3 Å². The molecule has 1 atom stereocenters. The summed E-state index contributed by atoms with van der Waals surface area (Å²) >= 11 is 0. The fourth-order valence-electron chi connectivity index (χ4n) is 3.19. The van der Waals surface area contributed by atoms with Crippen LogP contribution in [0.5, 0.6) is 5.75 Å². The monoisotopic (exact) mass is 432 g/mol. The number of hydrogen-bond acceptors (Lipinski definition) is 7. The number of rotatable bonds is 6. The predicted octanol–water partition coefficient (Wildman–Crippen LogP) is 1.81. The zero-order valence-electron chi connectivity index (χ0n) is 16.2. The van der Waals surface area contributed by atoms with E-state index in [9.17, 15) is 23.1 Å². The molecule has 2 aromatic carbocycles. The van der Waals surface area contributed by atoms with Crippen molar-refractivity contribution in [1.29, 1.82) is 0 Å². The Balaban J connectivity index is 2.12. The molecule has 0 spiro atoms.